The van der Waals surface area contributed by atoms with Gasteiger partial charge in [-0.3, -0.25) is 0 Å². The van der Waals surface area contributed by atoms with Crippen LogP contribution in [0.4, 0.5) is 0 Å². The second kappa shape index (κ2) is 6.81. The minimum atomic E-state index is -0.396. The summed E-state index contributed by atoms with van der Waals surface area (Å²) in [5.41, 5.74) is 0.551. The topological polar surface area (TPSA) is 27.7 Å². The number of ether oxygens (including phenoxy) is 3. The lowest BCUT2D eigenvalue weighted by Gasteiger charge is -2.50. The third-order valence-electron chi connectivity index (χ3n) is 6.54. The predicted molar refractivity (Wildman–Crippen MR) is 105 cm³/mol. The van der Waals surface area contributed by atoms with Gasteiger partial charge in [0.1, 0.15) is 36.6 Å². The second-order valence-corrected chi connectivity index (χ2v) is 9.30. The molecule has 0 unspecified atom stereocenters. The van der Waals surface area contributed by atoms with Crippen LogP contribution in [-0.4, -0.2) is 55.6 Å². The number of hydrogen-bond donors (Lipinski definition) is 0. The van der Waals surface area contributed by atoms with Gasteiger partial charge in [0.25, 0.3) is 0 Å². The van der Waals surface area contributed by atoms with Crippen molar-refractivity contribution in [1.29, 1.82) is 0 Å². The molecule has 1 aromatic carbocycles. The first-order chi connectivity index (χ1) is 12.8. The molecule has 4 rings (SSSR count). The third-order valence-corrected chi connectivity index (χ3v) is 6.54. The fraction of sp³-hybridized carbons (Fsp3) is 0.652. The van der Waals surface area contributed by atoms with Gasteiger partial charge in [-0.25, -0.2) is 0 Å². The SMILES string of the molecule is CC1(C)Oc2ccccc2[C@H]2O[C@](C)(C#CC[N+]3(C)CCOCC3)CC[C@@H]21. The van der Waals surface area contributed by atoms with Crippen LogP contribution in [0.3, 0.4) is 0 Å². The molecule has 0 aliphatic carbocycles. The summed E-state index contributed by atoms with van der Waals surface area (Å²) in [4.78, 5) is 0. The van der Waals surface area contributed by atoms with Crippen LogP contribution in [-0.2, 0) is 9.47 Å². The highest BCUT2D eigenvalue weighted by molar-refractivity contribution is 5.39. The van der Waals surface area contributed by atoms with Gasteiger partial charge < -0.3 is 18.7 Å². The molecule has 4 nitrogen and oxygen atoms in total. The molecule has 0 N–H and O–H groups in total. The number of para-hydroxylation sites is 1. The van der Waals surface area contributed by atoms with Crippen molar-refractivity contribution < 1.29 is 18.7 Å². The smallest absolute Gasteiger partial charge is 0.140 e. The van der Waals surface area contributed by atoms with E-state index < -0.39 is 5.60 Å². The molecular formula is C23H32NO3+. The van der Waals surface area contributed by atoms with Crippen molar-refractivity contribution in [3.63, 3.8) is 0 Å². The first-order valence-electron chi connectivity index (χ1n) is 10.2. The lowest BCUT2D eigenvalue weighted by molar-refractivity contribution is -0.910. The summed E-state index contributed by atoms with van der Waals surface area (Å²) >= 11 is 0. The van der Waals surface area contributed by atoms with Crippen LogP contribution in [0.25, 0.3) is 0 Å². The number of hydrogen-bond acceptors (Lipinski definition) is 3. The van der Waals surface area contributed by atoms with Crippen molar-refractivity contribution in [3.8, 4) is 17.6 Å². The second-order valence-electron chi connectivity index (χ2n) is 9.30. The van der Waals surface area contributed by atoms with Crippen LogP contribution in [0.2, 0.25) is 0 Å². The van der Waals surface area contributed by atoms with Crippen molar-refractivity contribution in [2.75, 3.05) is 39.9 Å². The van der Waals surface area contributed by atoms with Gasteiger partial charge in [0.05, 0.1) is 26.4 Å². The average molecular weight is 371 g/mol. The van der Waals surface area contributed by atoms with Crippen molar-refractivity contribution in [2.24, 2.45) is 5.92 Å². The molecule has 0 spiro atoms. The molecule has 3 heterocycles. The van der Waals surface area contributed by atoms with E-state index in [0.29, 0.717) is 5.92 Å². The Kier molecular flexibility index (Phi) is 4.74. The average Bonchev–Trinajstić information content (AvgIpc) is 2.61. The van der Waals surface area contributed by atoms with E-state index in [9.17, 15) is 0 Å². The van der Waals surface area contributed by atoms with Gasteiger partial charge in [-0.15, -0.1) is 0 Å². The van der Waals surface area contributed by atoms with Crippen molar-refractivity contribution in [1.82, 2.24) is 0 Å². The Bertz CT molecular complexity index is 756. The maximum absolute atomic E-state index is 6.68. The van der Waals surface area contributed by atoms with Gasteiger partial charge in [0, 0.05) is 11.5 Å². The Balaban J connectivity index is 1.54. The normalized spacial score (nSPS) is 33.6. The molecule has 3 aliphatic rings. The number of quaternary nitrogens is 1. The molecule has 0 radical (unpaired) electrons. The maximum Gasteiger partial charge on any atom is 0.140 e. The minimum Gasteiger partial charge on any atom is -0.487 e. The lowest BCUT2D eigenvalue weighted by Crippen LogP contribution is -2.52. The van der Waals surface area contributed by atoms with Crippen LogP contribution in [0.1, 0.15) is 45.3 Å². The Labute approximate surface area is 163 Å². The maximum atomic E-state index is 6.68. The Hall–Kier alpha value is -1.54. The molecule has 0 saturated carbocycles. The van der Waals surface area contributed by atoms with Gasteiger partial charge in [-0.2, -0.15) is 0 Å². The van der Waals surface area contributed by atoms with E-state index in [1.165, 1.54) is 5.56 Å². The highest BCUT2D eigenvalue weighted by Gasteiger charge is 2.50. The molecule has 0 bridgehead atoms. The summed E-state index contributed by atoms with van der Waals surface area (Å²) in [6.07, 6.45) is 2.06. The van der Waals surface area contributed by atoms with E-state index in [1.54, 1.807) is 0 Å². The molecule has 146 valence electrons. The molecule has 0 amide bonds. The first kappa shape index (κ1) is 18.8. The summed E-state index contributed by atoms with van der Waals surface area (Å²) < 4.78 is 19.4. The molecule has 3 atom stereocenters. The highest BCUT2D eigenvalue weighted by Crippen LogP contribution is 2.52. The number of benzene rings is 1. The predicted octanol–water partition coefficient (Wildman–Crippen LogP) is 3.56. The summed E-state index contributed by atoms with van der Waals surface area (Å²) in [5, 5.41) is 0. The molecule has 0 aromatic heterocycles. The zero-order valence-electron chi connectivity index (χ0n) is 17.1. The van der Waals surface area contributed by atoms with Gasteiger partial charge in [-0.05, 0) is 45.6 Å². The molecule has 2 saturated heterocycles. The third kappa shape index (κ3) is 3.74. The molecule has 3 aliphatic heterocycles. The molecule has 2 fully saturated rings. The highest BCUT2D eigenvalue weighted by atomic mass is 16.5. The fourth-order valence-corrected chi connectivity index (χ4v) is 4.61. The summed E-state index contributed by atoms with van der Waals surface area (Å²) in [6.45, 7) is 11.1. The van der Waals surface area contributed by atoms with Gasteiger partial charge in [-0.1, -0.05) is 24.1 Å². The van der Waals surface area contributed by atoms with E-state index in [-0.39, 0.29) is 11.7 Å². The monoisotopic (exact) mass is 370 g/mol. The van der Waals surface area contributed by atoms with Crippen LogP contribution >= 0.6 is 0 Å². The van der Waals surface area contributed by atoms with E-state index in [1.807, 2.05) is 6.07 Å². The zero-order chi connectivity index (χ0) is 19.1. The Morgan fingerprint density at radius 2 is 1.89 bits per heavy atom. The van der Waals surface area contributed by atoms with Gasteiger partial charge in [0.2, 0.25) is 0 Å². The quantitative estimate of drug-likeness (QED) is 0.559. The number of fused-ring (bicyclic) bond motifs is 3. The van der Waals surface area contributed by atoms with E-state index in [0.717, 1.165) is 55.9 Å². The minimum absolute atomic E-state index is 0.0474. The number of morpholine rings is 1. The van der Waals surface area contributed by atoms with Crippen LogP contribution in [0.5, 0.6) is 5.75 Å². The Morgan fingerprint density at radius 1 is 1.15 bits per heavy atom. The largest absolute Gasteiger partial charge is 0.487 e. The standard InChI is InChI=1S/C23H32NO3/c1-22(2)19-10-12-23(3,11-7-13-24(4)14-16-25-17-15-24)27-21(19)18-8-5-6-9-20(18)26-22/h5-6,8-9,19,21H,10,12-17H2,1-4H3/q+1/t19-,21+,23+/m0/s1. The van der Waals surface area contributed by atoms with Crippen molar-refractivity contribution >= 4 is 0 Å². The van der Waals surface area contributed by atoms with E-state index in [4.69, 9.17) is 14.2 Å². The van der Waals surface area contributed by atoms with Crippen LogP contribution < -0.4 is 4.74 Å². The molecule has 4 heteroatoms. The van der Waals surface area contributed by atoms with Crippen LogP contribution in [0.15, 0.2) is 24.3 Å². The van der Waals surface area contributed by atoms with Gasteiger partial charge >= 0.3 is 0 Å². The summed E-state index contributed by atoms with van der Waals surface area (Å²) in [6, 6.07) is 8.30. The van der Waals surface area contributed by atoms with E-state index in [2.05, 4.69) is 57.9 Å². The molecule has 27 heavy (non-hydrogen) atoms. The summed E-state index contributed by atoms with van der Waals surface area (Å²) in [5.74, 6) is 8.25. The number of nitrogens with zero attached hydrogens (tertiary/aromatic N) is 1. The van der Waals surface area contributed by atoms with Crippen molar-refractivity contribution in [2.45, 2.75) is 50.9 Å². The first-order valence-corrected chi connectivity index (χ1v) is 10.2. The zero-order valence-corrected chi connectivity index (χ0v) is 17.1. The van der Waals surface area contributed by atoms with Crippen LogP contribution in [0, 0.1) is 17.8 Å². The van der Waals surface area contributed by atoms with Gasteiger partial charge in [0.15, 0.2) is 0 Å². The van der Waals surface area contributed by atoms with E-state index >= 15 is 0 Å². The summed E-state index contributed by atoms with van der Waals surface area (Å²) in [7, 11) is 2.27. The molecular weight excluding hydrogens is 338 g/mol. The number of likely N-dealkylation sites (N-methyl/N-ethyl adjacent to an activating group) is 1. The fourth-order valence-electron chi connectivity index (χ4n) is 4.61. The number of rotatable bonds is 1. The van der Waals surface area contributed by atoms with Crippen molar-refractivity contribution in [3.05, 3.63) is 29.8 Å². The molecule has 1 aromatic rings. The Morgan fingerprint density at radius 3 is 2.67 bits per heavy atom. The lowest BCUT2D eigenvalue weighted by atomic mass is 9.73.